The highest BCUT2D eigenvalue weighted by Gasteiger charge is 2.26. The SMILES string of the molecule is CC(C)(C)c1ccc(NC(=O)c2cc(F)c(C(=O)O)c(F)c2)c(C(C)(C)C)n1. The van der Waals surface area contributed by atoms with Gasteiger partial charge in [0.05, 0.1) is 11.4 Å². The van der Waals surface area contributed by atoms with Crippen molar-refractivity contribution in [3.63, 3.8) is 0 Å². The van der Waals surface area contributed by atoms with Crippen molar-refractivity contribution in [3.8, 4) is 0 Å². The van der Waals surface area contributed by atoms with Crippen molar-refractivity contribution < 1.29 is 23.5 Å². The van der Waals surface area contributed by atoms with Crippen LogP contribution in [0.1, 0.15) is 73.6 Å². The third-order valence-corrected chi connectivity index (χ3v) is 4.14. The molecule has 1 aromatic carbocycles. The molecule has 5 nitrogen and oxygen atoms in total. The fraction of sp³-hybridized carbons (Fsp3) is 0.381. The van der Waals surface area contributed by atoms with Crippen LogP contribution in [-0.2, 0) is 10.8 Å². The molecule has 1 aromatic heterocycles. The summed E-state index contributed by atoms with van der Waals surface area (Å²) in [6, 6.07) is 4.91. The normalized spacial score (nSPS) is 12.0. The Kier molecular flexibility index (Phi) is 5.59. The molecule has 2 rings (SSSR count). The molecule has 1 heterocycles. The van der Waals surface area contributed by atoms with Gasteiger partial charge in [-0.3, -0.25) is 9.78 Å². The third-order valence-electron chi connectivity index (χ3n) is 4.14. The minimum absolute atomic E-state index is 0.193. The molecule has 1 amide bonds. The minimum Gasteiger partial charge on any atom is -0.477 e. The Bertz CT molecular complexity index is 919. The van der Waals surface area contributed by atoms with E-state index in [-0.39, 0.29) is 11.0 Å². The topological polar surface area (TPSA) is 79.3 Å². The number of benzene rings is 1. The van der Waals surface area contributed by atoms with Crippen LogP contribution in [0, 0.1) is 11.6 Å². The number of carbonyl (C=O) groups excluding carboxylic acids is 1. The number of hydrogen-bond acceptors (Lipinski definition) is 3. The lowest BCUT2D eigenvalue weighted by Crippen LogP contribution is -2.23. The van der Waals surface area contributed by atoms with Crippen molar-refractivity contribution in [3.05, 3.63) is 58.4 Å². The van der Waals surface area contributed by atoms with Gasteiger partial charge in [-0.1, -0.05) is 41.5 Å². The predicted molar refractivity (Wildman–Crippen MR) is 103 cm³/mol. The molecule has 0 aliphatic rings. The monoisotopic (exact) mass is 390 g/mol. The summed E-state index contributed by atoms with van der Waals surface area (Å²) in [5, 5.41) is 11.5. The zero-order valence-electron chi connectivity index (χ0n) is 16.8. The molecule has 0 aliphatic carbocycles. The van der Waals surface area contributed by atoms with Gasteiger partial charge in [0.25, 0.3) is 5.91 Å². The number of nitrogens with zero attached hydrogens (tertiary/aromatic N) is 1. The van der Waals surface area contributed by atoms with Crippen molar-refractivity contribution in [2.24, 2.45) is 0 Å². The van der Waals surface area contributed by atoms with Crippen LogP contribution in [0.5, 0.6) is 0 Å². The molecular weight excluding hydrogens is 366 g/mol. The summed E-state index contributed by atoms with van der Waals surface area (Å²) < 4.78 is 27.8. The van der Waals surface area contributed by atoms with Crippen LogP contribution in [-0.4, -0.2) is 22.0 Å². The number of anilines is 1. The summed E-state index contributed by atoms with van der Waals surface area (Å²) in [6.45, 7) is 11.9. The van der Waals surface area contributed by atoms with E-state index in [1.165, 1.54) is 0 Å². The molecule has 0 saturated carbocycles. The number of carboxylic acids is 1. The molecule has 0 aliphatic heterocycles. The minimum atomic E-state index is -1.74. The number of carboxylic acid groups (broad SMARTS) is 1. The van der Waals surface area contributed by atoms with Gasteiger partial charge in [0.2, 0.25) is 0 Å². The maximum atomic E-state index is 13.9. The Labute approximate surface area is 162 Å². The first-order valence-corrected chi connectivity index (χ1v) is 8.77. The van der Waals surface area contributed by atoms with E-state index in [0.717, 1.165) is 5.69 Å². The van der Waals surface area contributed by atoms with E-state index >= 15 is 0 Å². The van der Waals surface area contributed by atoms with Crippen molar-refractivity contribution >= 4 is 17.6 Å². The third kappa shape index (κ3) is 4.52. The van der Waals surface area contributed by atoms with Gasteiger partial charge >= 0.3 is 5.97 Å². The second-order valence-electron chi connectivity index (χ2n) is 8.67. The van der Waals surface area contributed by atoms with Crippen LogP contribution >= 0.6 is 0 Å². The number of amides is 1. The van der Waals surface area contributed by atoms with Crippen molar-refractivity contribution in [2.75, 3.05) is 5.32 Å². The zero-order valence-corrected chi connectivity index (χ0v) is 16.8. The molecule has 150 valence electrons. The van der Waals surface area contributed by atoms with E-state index in [2.05, 4.69) is 5.32 Å². The van der Waals surface area contributed by atoms with Crippen LogP contribution in [0.25, 0.3) is 0 Å². The first-order valence-electron chi connectivity index (χ1n) is 8.77. The van der Waals surface area contributed by atoms with E-state index in [9.17, 15) is 18.4 Å². The fourth-order valence-corrected chi connectivity index (χ4v) is 2.65. The van der Waals surface area contributed by atoms with Gasteiger partial charge in [0.15, 0.2) is 0 Å². The van der Waals surface area contributed by atoms with E-state index in [1.54, 1.807) is 12.1 Å². The van der Waals surface area contributed by atoms with Gasteiger partial charge < -0.3 is 10.4 Å². The number of hydrogen-bond donors (Lipinski definition) is 2. The van der Waals surface area contributed by atoms with Gasteiger partial charge in [-0.05, 0) is 24.3 Å². The predicted octanol–water partition coefficient (Wildman–Crippen LogP) is 4.91. The summed E-state index contributed by atoms with van der Waals surface area (Å²) in [5.74, 6) is -5.12. The van der Waals surface area contributed by atoms with E-state index < -0.39 is 34.5 Å². The molecule has 0 unspecified atom stereocenters. The Morgan fingerprint density at radius 2 is 1.50 bits per heavy atom. The number of aromatic nitrogens is 1. The van der Waals surface area contributed by atoms with Crippen molar-refractivity contribution in [1.82, 2.24) is 4.98 Å². The Balaban J connectivity index is 2.45. The average molecular weight is 390 g/mol. The summed E-state index contributed by atoms with van der Waals surface area (Å²) >= 11 is 0. The highest BCUT2D eigenvalue weighted by atomic mass is 19.1. The van der Waals surface area contributed by atoms with Crippen molar-refractivity contribution in [1.29, 1.82) is 0 Å². The molecule has 2 aromatic rings. The van der Waals surface area contributed by atoms with Crippen LogP contribution < -0.4 is 5.32 Å². The number of nitrogens with one attached hydrogen (secondary N) is 1. The number of pyridine rings is 1. The molecule has 0 spiro atoms. The van der Waals surface area contributed by atoms with Gasteiger partial charge in [-0.15, -0.1) is 0 Å². The molecule has 0 fully saturated rings. The van der Waals surface area contributed by atoms with Gasteiger partial charge in [-0.25, -0.2) is 13.6 Å². The summed E-state index contributed by atoms with van der Waals surface area (Å²) in [5.41, 5.74) is -0.0964. The quantitative estimate of drug-likeness (QED) is 0.781. The molecular formula is C21H24F2N2O3. The second-order valence-corrected chi connectivity index (χ2v) is 8.67. The average Bonchev–Trinajstić information content (AvgIpc) is 2.51. The van der Waals surface area contributed by atoms with Crippen LogP contribution in [0.2, 0.25) is 0 Å². The lowest BCUT2D eigenvalue weighted by Gasteiger charge is -2.26. The molecule has 0 bridgehead atoms. The van der Waals surface area contributed by atoms with Crippen LogP contribution in [0.4, 0.5) is 14.5 Å². The number of carbonyl (C=O) groups is 2. The zero-order chi connectivity index (χ0) is 21.4. The van der Waals surface area contributed by atoms with Crippen LogP contribution in [0.15, 0.2) is 24.3 Å². The number of halogens is 2. The Morgan fingerprint density at radius 3 is 1.93 bits per heavy atom. The number of rotatable bonds is 3. The molecule has 7 heteroatoms. The molecule has 0 atom stereocenters. The highest BCUT2D eigenvalue weighted by Crippen LogP contribution is 2.31. The Morgan fingerprint density at radius 1 is 0.964 bits per heavy atom. The standard InChI is InChI=1S/C21H24F2N2O3/c1-20(2,3)15-8-7-14(17(25-15)21(4,5)6)24-18(26)11-9-12(22)16(19(27)28)13(23)10-11/h7-10H,1-6H3,(H,24,26)(H,27,28). The lowest BCUT2D eigenvalue weighted by molar-refractivity contribution is 0.0685. The summed E-state index contributed by atoms with van der Waals surface area (Å²) in [4.78, 5) is 28.1. The maximum Gasteiger partial charge on any atom is 0.341 e. The summed E-state index contributed by atoms with van der Waals surface area (Å²) in [7, 11) is 0. The molecule has 28 heavy (non-hydrogen) atoms. The lowest BCUT2D eigenvalue weighted by atomic mass is 9.87. The highest BCUT2D eigenvalue weighted by molar-refractivity contribution is 6.05. The van der Waals surface area contributed by atoms with Crippen LogP contribution in [0.3, 0.4) is 0 Å². The van der Waals surface area contributed by atoms with Crippen molar-refractivity contribution in [2.45, 2.75) is 52.4 Å². The summed E-state index contributed by atoms with van der Waals surface area (Å²) in [6.07, 6.45) is 0. The van der Waals surface area contributed by atoms with Gasteiger partial charge in [-0.2, -0.15) is 0 Å². The number of aromatic carboxylic acids is 1. The first kappa shape index (κ1) is 21.5. The first-order chi connectivity index (χ1) is 12.7. The maximum absolute atomic E-state index is 13.9. The van der Waals surface area contributed by atoms with E-state index in [1.807, 2.05) is 41.5 Å². The second kappa shape index (κ2) is 7.30. The Hall–Kier alpha value is -2.83. The van der Waals surface area contributed by atoms with Gasteiger partial charge in [0.1, 0.15) is 17.2 Å². The fourth-order valence-electron chi connectivity index (χ4n) is 2.65. The molecule has 2 N–H and O–H groups in total. The largest absolute Gasteiger partial charge is 0.477 e. The smallest absolute Gasteiger partial charge is 0.341 e. The molecule has 0 saturated heterocycles. The molecule has 0 radical (unpaired) electrons. The van der Waals surface area contributed by atoms with Gasteiger partial charge in [0, 0.05) is 22.1 Å². The van der Waals surface area contributed by atoms with E-state index in [4.69, 9.17) is 10.1 Å². The van der Waals surface area contributed by atoms with E-state index in [0.29, 0.717) is 23.5 Å².